The number of thiazole rings is 1. The van der Waals surface area contributed by atoms with Gasteiger partial charge in [-0.15, -0.1) is 16.4 Å². The molecule has 5 nitrogen and oxygen atoms in total. The Kier molecular flexibility index (Phi) is 3.36. The number of nitrogens with one attached hydrogen (secondary N) is 1. The predicted octanol–water partition coefficient (Wildman–Crippen LogP) is 3.86. The van der Waals surface area contributed by atoms with Crippen LogP contribution in [-0.4, -0.2) is 20.0 Å². The summed E-state index contributed by atoms with van der Waals surface area (Å²) in [5.74, 6) is 0. The summed E-state index contributed by atoms with van der Waals surface area (Å²) in [4.78, 5) is 4.64. The van der Waals surface area contributed by atoms with E-state index in [-0.39, 0.29) is 0 Å². The van der Waals surface area contributed by atoms with Gasteiger partial charge in [0.1, 0.15) is 10.7 Å². The van der Waals surface area contributed by atoms with Crippen LogP contribution in [0.1, 0.15) is 11.3 Å². The van der Waals surface area contributed by atoms with Crippen molar-refractivity contribution in [3.8, 4) is 5.00 Å². The number of hydrogen-bond donors (Lipinski definition) is 1. The number of rotatable bonds is 4. The summed E-state index contributed by atoms with van der Waals surface area (Å²) in [5.41, 5.74) is 3.16. The van der Waals surface area contributed by atoms with Gasteiger partial charge in [0.25, 0.3) is 0 Å². The minimum atomic E-state index is 0.615. The molecular weight excluding hydrogens is 314 g/mol. The molecule has 1 N–H and O–H groups in total. The number of fused-ring (bicyclic) bond motifs is 1. The lowest BCUT2D eigenvalue weighted by molar-refractivity contribution is 0.809. The number of nitrogens with zero attached hydrogens (tertiary/aromatic N) is 4. The molecule has 0 spiro atoms. The van der Waals surface area contributed by atoms with Gasteiger partial charge in [0, 0.05) is 0 Å². The maximum Gasteiger partial charge on any atom is 0.184 e. The molecule has 7 heteroatoms. The molecule has 110 valence electrons. The summed E-state index contributed by atoms with van der Waals surface area (Å²) in [7, 11) is 0. The molecule has 4 rings (SSSR count). The third kappa shape index (κ3) is 2.49. The Bertz CT molecular complexity index is 907. The quantitative estimate of drug-likeness (QED) is 0.618. The Morgan fingerprint density at radius 2 is 2.18 bits per heavy atom. The van der Waals surface area contributed by atoms with E-state index in [1.165, 1.54) is 10.3 Å². The smallest absolute Gasteiger partial charge is 0.184 e. The van der Waals surface area contributed by atoms with Crippen LogP contribution in [0.15, 0.2) is 41.9 Å². The van der Waals surface area contributed by atoms with Gasteiger partial charge in [-0.1, -0.05) is 28.7 Å². The molecule has 1 aromatic carbocycles. The van der Waals surface area contributed by atoms with E-state index >= 15 is 0 Å². The first-order valence-electron chi connectivity index (χ1n) is 6.85. The van der Waals surface area contributed by atoms with E-state index in [9.17, 15) is 0 Å². The molecule has 0 aliphatic heterocycles. The lowest BCUT2D eigenvalue weighted by Crippen LogP contribution is -1.99. The van der Waals surface area contributed by atoms with E-state index < -0.39 is 0 Å². The molecule has 4 aromatic rings. The average molecular weight is 327 g/mol. The maximum absolute atomic E-state index is 4.64. The van der Waals surface area contributed by atoms with E-state index in [1.807, 2.05) is 23.7 Å². The van der Waals surface area contributed by atoms with Gasteiger partial charge < -0.3 is 5.32 Å². The zero-order chi connectivity index (χ0) is 14.9. The lowest BCUT2D eigenvalue weighted by Gasteiger charge is -1.97. The molecule has 0 atom stereocenters. The molecular formula is C15H13N5S2. The Morgan fingerprint density at radius 1 is 1.23 bits per heavy atom. The molecule has 22 heavy (non-hydrogen) atoms. The fourth-order valence-electron chi connectivity index (χ4n) is 2.22. The van der Waals surface area contributed by atoms with Gasteiger partial charge in [0.05, 0.1) is 23.0 Å². The average Bonchev–Trinajstić information content (AvgIpc) is 3.25. The van der Waals surface area contributed by atoms with Crippen LogP contribution in [0.2, 0.25) is 0 Å². The minimum absolute atomic E-state index is 0.615. The third-order valence-corrected chi connectivity index (χ3v) is 5.15. The van der Waals surface area contributed by atoms with Crippen molar-refractivity contribution in [2.24, 2.45) is 0 Å². The lowest BCUT2D eigenvalue weighted by atomic mass is 10.2. The van der Waals surface area contributed by atoms with Gasteiger partial charge in [-0.3, -0.25) is 0 Å². The number of hydrogen-bond acceptors (Lipinski definition) is 6. The summed E-state index contributed by atoms with van der Waals surface area (Å²) < 4.78 is 2.99. The molecule has 0 aliphatic rings. The molecule has 0 saturated carbocycles. The van der Waals surface area contributed by atoms with Crippen molar-refractivity contribution in [1.29, 1.82) is 0 Å². The molecule has 0 aliphatic carbocycles. The van der Waals surface area contributed by atoms with Crippen molar-refractivity contribution in [3.05, 3.63) is 53.2 Å². The second-order valence-electron chi connectivity index (χ2n) is 4.90. The normalized spacial score (nSPS) is 11.1. The molecule has 0 fully saturated rings. The Balaban J connectivity index is 1.51. The standard InChI is InChI=1S/C15H13N5S2/c1-10-4-2-5-12-14(10)17-15(22-12)16-8-11-9-20(19-18-11)13-6-3-7-21-13/h2-7,9H,8H2,1H3,(H,16,17). The number of para-hydroxylation sites is 1. The zero-order valence-corrected chi connectivity index (χ0v) is 13.5. The van der Waals surface area contributed by atoms with Gasteiger partial charge in [0.15, 0.2) is 5.13 Å². The second kappa shape index (κ2) is 5.51. The second-order valence-corrected chi connectivity index (χ2v) is 6.86. The molecule has 0 saturated heterocycles. The maximum atomic E-state index is 4.64. The number of aromatic nitrogens is 4. The van der Waals surface area contributed by atoms with E-state index in [4.69, 9.17) is 0 Å². The van der Waals surface area contributed by atoms with Crippen molar-refractivity contribution >= 4 is 38.0 Å². The predicted molar refractivity (Wildman–Crippen MR) is 90.9 cm³/mol. The summed E-state index contributed by atoms with van der Waals surface area (Å²) >= 11 is 3.30. The zero-order valence-electron chi connectivity index (χ0n) is 11.9. The number of anilines is 1. The van der Waals surface area contributed by atoms with Crippen LogP contribution in [0.4, 0.5) is 5.13 Å². The van der Waals surface area contributed by atoms with Gasteiger partial charge in [-0.05, 0) is 36.1 Å². The molecule has 3 aromatic heterocycles. The fourth-order valence-corrected chi connectivity index (χ4v) is 3.81. The van der Waals surface area contributed by atoms with Crippen LogP contribution in [0, 0.1) is 6.92 Å². The van der Waals surface area contributed by atoms with Crippen molar-refractivity contribution in [2.75, 3.05) is 5.32 Å². The first-order chi connectivity index (χ1) is 10.8. The minimum Gasteiger partial charge on any atom is -0.356 e. The fraction of sp³-hybridized carbons (Fsp3) is 0.133. The largest absolute Gasteiger partial charge is 0.356 e. The van der Waals surface area contributed by atoms with Crippen LogP contribution >= 0.6 is 22.7 Å². The van der Waals surface area contributed by atoms with Crippen molar-refractivity contribution < 1.29 is 0 Å². The number of benzene rings is 1. The van der Waals surface area contributed by atoms with Crippen LogP contribution in [0.5, 0.6) is 0 Å². The topological polar surface area (TPSA) is 55.6 Å². The number of aryl methyl sites for hydroxylation is 1. The van der Waals surface area contributed by atoms with E-state index in [0.29, 0.717) is 6.54 Å². The monoisotopic (exact) mass is 327 g/mol. The highest BCUT2D eigenvalue weighted by atomic mass is 32.1. The van der Waals surface area contributed by atoms with Crippen LogP contribution in [-0.2, 0) is 6.54 Å². The van der Waals surface area contributed by atoms with Crippen molar-refractivity contribution in [1.82, 2.24) is 20.0 Å². The first kappa shape index (κ1) is 13.4. The highest BCUT2D eigenvalue weighted by Crippen LogP contribution is 2.28. The van der Waals surface area contributed by atoms with Gasteiger partial charge in [-0.2, -0.15) is 0 Å². The molecule has 3 heterocycles. The highest BCUT2D eigenvalue weighted by Gasteiger charge is 2.07. The summed E-state index contributed by atoms with van der Waals surface area (Å²) in [5, 5.41) is 15.7. The van der Waals surface area contributed by atoms with Crippen LogP contribution in [0.3, 0.4) is 0 Å². The van der Waals surface area contributed by atoms with Gasteiger partial charge >= 0.3 is 0 Å². The summed E-state index contributed by atoms with van der Waals surface area (Å²) in [6.45, 7) is 2.70. The molecule has 0 unspecified atom stereocenters. The van der Waals surface area contributed by atoms with E-state index in [2.05, 4.69) is 45.7 Å². The van der Waals surface area contributed by atoms with E-state index in [1.54, 1.807) is 27.4 Å². The summed E-state index contributed by atoms with van der Waals surface area (Å²) in [6.07, 6.45) is 1.94. The third-order valence-electron chi connectivity index (χ3n) is 3.31. The van der Waals surface area contributed by atoms with Crippen LogP contribution in [0.25, 0.3) is 15.2 Å². The van der Waals surface area contributed by atoms with Crippen molar-refractivity contribution in [3.63, 3.8) is 0 Å². The molecule has 0 bridgehead atoms. The van der Waals surface area contributed by atoms with E-state index in [0.717, 1.165) is 21.3 Å². The summed E-state index contributed by atoms with van der Waals surface area (Å²) in [6, 6.07) is 10.3. The van der Waals surface area contributed by atoms with Gasteiger partial charge in [-0.25, -0.2) is 9.67 Å². The Labute approximate surface area is 135 Å². The first-order valence-corrected chi connectivity index (χ1v) is 8.54. The Hall–Kier alpha value is -2.25. The van der Waals surface area contributed by atoms with Crippen molar-refractivity contribution in [2.45, 2.75) is 13.5 Å². The SMILES string of the molecule is Cc1cccc2sc(NCc3cn(-c4cccs4)nn3)nc12. The van der Waals surface area contributed by atoms with Gasteiger partial charge in [0.2, 0.25) is 0 Å². The number of thiophene rings is 1. The molecule has 0 radical (unpaired) electrons. The Morgan fingerprint density at radius 3 is 3.00 bits per heavy atom. The van der Waals surface area contributed by atoms with Crippen LogP contribution < -0.4 is 5.32 Å². The molecule has 0 amide bonds. The highest BCUT2D eigenvalue weighted by molar-refractivity contribution is 7.22.